The summed E-state index contributed by atoms with van der Waals surface area (Å²) < 4.78 is 5.12. The molecule has 0 saturated heterocycles. The van der Waals surface area contributed by atoms with Crippen molar-refractivity contribution in [2.75, 3.05) is 17.7 Å². The molecule has 2 rings (SSSR count). The average Bonchev–Trinajstić information content (AvgIpc) is 2.74. The Morgan fingerprint density at radius 3 is 2.71 bits per heavy atom. The van der Waals surface area contributed by atoms with E-state index in [1.807, 2.05) is 12.1 Å². The summed E-state index contributed by atoms with van der Waals surface area (Å²) in [6.07, 6.45) is 1.46. The lowest BCUT2D eigenvalue weighted by atomic mass is 10.2. The van der Waals surface area contributed by atoms with Gasteiger partial charge in [0.1, 0.15) is 12.0 Å². The van der Waals surface area contributed by atoms with Gasteiger partial charge in [0.15, 0.2) is 0 Å². The zero-order chi connectivity index (χ0) is 12.4. The number of aryl methyl sites for hydroxylation is 1. The fraction of sp³-hybridized carbons (Fsp3) is 0.154. The maximum atomic E-state index is 12.1. The molecule has 1 aromatic heterocycles. The van der Waals surface area contributed by atoms with E-state index in [1.165, 1.54) is 6.26 Å². The smallest absolute Gasteiger partial charge is 0.261 e. The second-order valence-corrected chi connectivity index (χ2v) is 3.91. The van der Waals surface area contributed by atoms with Crippen LogP contribution in [0.2, 0.25) is 0 Å². The Labute approximate surface area is 99.6 Å². The molecule has 0 aliphatic rings. The molecule has 0 unspecified atom stereocenters. The van der Waals surface area contributed by atoms with Crippen molar-refractivity contribution < 1.29 is 9.21 Å². The fourth-order valence-corrected chi connectivity index (χ4v) is 1.60. The van der Waals surface area contributed by atoms with E-state index in [0.717, 1.165) is 5.69 Å². The van der Waals surface area contributed by atoms with Crippen LogP contribution in [0.1, 0.15) is 16.1 Å². The molecule has 0 spiro atoms. The van der Waals surface area contributed by atoms with Crippen molar-refractivity contribution in [3.05, 3.63) is 47.9 Å². The molecule has 1 aromatic carbocycles. The van der Waals surface area contributed by atoms with Crippen LogP contribution in [0.25, 0.3) is 0 Å². The van der Waals surface area contributed by atoms with E-state index in [2.05, 4.69) is 0 Å². The zero-order valence-corrected chi connectivity index (χ0v) is 9.81. The first-order chi connectivity index (χ1) is 8.08. The normalized spacial score (nSPS) is 10.2. The number of nitrogens with zero attached hydrogens (tertiary/aromatic N) is 1. The summed E-state index contributed by atoms with van der Waals surface area (Å²) in [5.41, 5.74) is 7.61. The Hall–Kier alpha value is -2.23. The quantitative estimate of drug-likeness (QED) is 0.806. The van der Waals surface area contributed by atoms with Crippen LogP contribution < -0.4 is 10.6 Å². The average molecular weight is 230 g/mol. The number of carbonyl (C=O) groups is 1. The highest BCUT2D eigenvalue weighted by Crippen LogP contribution is 2.19. The highest BCUT2D eigenvalue weighted by molar-refractivity contribution is 6.05. The molecule has 0 aliphatic carbocycles. The monoisotopic (exact) mass is 230 g/mol. The highest BCUT2D eigenvalue weighted by Gasteiger charge is 2.15. The van der Waals surface area contributed by atoms with Gasteiger partial charge < -0.3 is 15.1 Å². The SMILES string of the molecule is Cc1cc(C(=O)N(C)c2cccc(N)c2)co1. The van der Waals surface area contributed by atoms with Gasteiger partial charge in [-0.05, 0) is 31.2 Å². The van der Waals surface area contributed by atoms with Gasteiger partial charge in [-0.3, -0.25) is 4.79 Å². The van der Waals surface area contributed by atoms with Gasteiger partial charge in [-0.1, -0.05) is 6.07 Å². The lowest BCUT2D eigenvalue weighted by Crippen LogP contribution is -2.25. The summed E-state index contributed by atoms with van der Waals surface area (Å²) >= 11 is 0. The van der Waals surface area contributed by atoms with Crippen molar-refractivity contribution in [2.45, 2.75) is 6.92 Å². The molecule has 1 heterocycles. The molecule has 1 amide bonds. The molecule has 0 fully saturated rings. The summed E-state index contributed by atoms with van der Waals surface area (Å²) in [7, 11) is 1.71. The predicted octanol–water partition coefficient (Wildman–Crippen LogP) is 2.45. The van der Waals surface area contributed by atoms with Crippen LogP contribution in [0.4, 0.5) is 11.4 Å². The number of hydrogen-bond donors (Lipinski definition) is 1. The number of furan rings is 1. The van der Waals surface area contributed by atoms with Gasteiger partial charge in [0, 0.05) is 18.4 Å². The van der Waals surface area contributed by atoms with E-state index in [-0.39, 0.29) is 5.91 Å². The second kappa shape index (κ2) is 4.33. The van der Waals surface area contributed by atoms with E-state index >= 15 is 0 Å². The molecule has 0 bridgehead atoms. The number of nitrogen functional groups attached to an aromatic ring is 1. The minimum absolute atomic E-state index is 0.118. The fourth-order valence-electron chi connectivity index (χ4n) is 1.60. The van der Waals surface area contributed by atoms with Gasteiger partial charge in [-0.15, -0.1) is 0 Å². The molecule has 88 valence electrons. The van der Waals surface area contributed by atoms with Crippen LogP contribution in [-0.2, 0) is 0 Å². The Morgan fingerprint density at radius 1 is 1.35 bits per heavy atom. The molecule has 0 aliphatic heterocycles. The third kappa shape index (κ3) is 2.30. The van der Waals surface area contributed by atoms with Crippen LogP contribution in [-0.4, -0.2) is 13.0 Å². The van der Waals surface area contributed by atoms with E-state index in [1.54, 1.807) is 37.1 Å². The first-order valence-corrected chi connectivity index (χ1v) is 5.26. The maximum absolute atomic E-state index is 12.1. The van der Waals surface area contributed by atoms with Gasteiger partial charge in [0.05, 0.1) is 5.56 Å². The number of amides is 1. The van der Waals surface area contributed by atoms with Crippen LogP contribution >= 0.6 is 0 Å². The maximum Gasteiger partial charge on any atom is 0.261 e. The molecular formula is C13H14N2O2. The van der Waals surface area contributed by atoms with Gasteiger partial charge in [-0.2, -0.15) is 0 Å². The molecule has 0 radical (unpaired) electrons. The third-order valence-corrected chi connectivity index (χ3v) is 2.54. The van der Waals surface area contributed by atoms with Crippen LogP contribution in [0.5, 0.6) is 0 Å². The van der Waals surface area contributed by atoms with Crippen LogP contribution in [0.3, 0.4) is 0 Å². The van der Waals surface area contributed by atoms with E-state index < -0.39 is 0 Å². The first kappa shape index (κ1) is 11.3. The van der Waals surface area contributed by atoms with Gasteiger partial charge >= 0.3 is 0 Å². The summed E-state index contributed by atoms with van der Waals surface area (Å²) in [5.74, 6) is 0.599. The summed E-state index contributed by atoms with van der Waals surface area (Å²) in [6, 6.07) is 8.90. The number of hydrogen-bond acceptors (Lipinski definition) is 3. The van der Waals surface area contributed by atoms with Crippen molar-refractivity contribution in [3.8, 4) is 0 Å². The Bertz CT molecular complexity index is 546. The van der Waals surface area contributed by atoms with Gasteiger partial charge in [0.25, 0.3) is 5.91 Å². The summed E-state index contributed by atoms with van der Waals surface area (Å²) in [4.78, 5) is 13.6. The van der Waals surface area contributed by atoms with E-state index in [4.69, 9.17) is 10.2 Å². The van der Waals surface area contributed by atoms with Gasteiger partial charge in [-0.25, -0.2) is 0 Å². The molecule has 17 heavy (non-hydrogen) atoms. The van der Waals surface area contributed by atoms with E-state index in [9.17, 15) is 4.79 Å². The van der Waals surface area contributed by atoms with Crippen molar-refractivity contribution in [1.29, 1.82) is 0 Å². The standard InChI is InChI=1S/C13H14N2O2/c1-9-6-10(8-17-9)13(16)15(2)12-5-3-4-11(14)7-12/h3-8H,14H2,1-2H3. The van der Waals surface area contributed by atoms with E-state index in [0.29, 0.717) is 17.0 Å². The zero-order valence-electron chi connectivity index (χ0n) is 9.81. The van der Waals surface area contributed by atoms with Crippen LogP contribution in [0.15, 0.2) is 41.0 Å². The lowest BCUT2D eigenvalue weighted by molar-refractivity contribution is 0.0992. The second-order valence-electron chi connectivity index (χ2n) is 3.91. The molecule has 2 aromatic rings. The first-order valence-electron chi connectivity index (χ1n) is 5.26. The molecule has 2 N–H and O–H groups in total. The highest BCUT2D eigenvalue weighted by atomic mass is 16.3. The van der Waals surface area contributed by atoms with Crippen molar-refractivity contribution in [2.24, 2.45) is 0 Å². The molecule has 4 heteroatoms. The Morgan fingerprint density at radius 2 is 2.12 bits per heavy atom. The largest absolute Gasteiger partial charge is 0.469 e. The molecule has 0 saturated carbocycles. The number of nitrogens with two attached hydrogens (primary N) is 1. The van der Waals surface area contributed by atoms with Gasteiger partial charge in [0.2, 0.25) is 0 Å². The summed E-state index contributed by atoms with van der Waals surface area (Å²) in [5, 5.41) is 0. The number of anilines is 2. The number of carbonyl (C=O) groups excluding carboxylic acids is 1. The van der Waals surface area contributed by atoms with Crippen molar-refractivity contribution >= 4 is 17.3 Å². The topological polar surface area (TPSA) is 59.5 Å². The minimum atomic E-state index is -0.118. The number of benzene rings is 1. The summed E-state index contributed by atoms with van der Waals surface area (Å²) in [6.45, 7) is 1.80. The lowest BCUT2D eigenvalue weighted by Gasteiger charge is -2.16. The Balaban J connectivity index is 2.26. The molecule has 4 nitrogen and oxygen atoms in total. The van der Waals surface area contributed by atoms with Crippen LogP contribution in [0, 0.1) is 6.92 Å². The Kier molecular flexibility index (Phi) is 2.87. The minimum Gasteiger partial charge on any atom is -0.469 e. The van der Waals surface area contributed by atoms with Crippen molar-refractivity contribution in [3.63, 3.8) is 0 Å². The molecule has 0 atom stereocenters. The number of rotatable bonds is 2. The predicted molar refractivity (Wildman–Crippen MR) is 67.0 cm³/mol. The van der Waals surface area contributed by atoms with Crippen molar-refractivity contribution in [1.82, 2.24) is 0 Å². The third-order valence-electron chi connectivity index (χ3n) is 2.54. The molecular weight excluding hydrogens is 216 g/mol.